The maximum atomic E-state index is 12.3. The summed E-state index contributed by atoms with van der Waals surface area (Å²) >= 11 is 1.51. The third-order valence-corrected chi connectivity index (χ3v) is 5.13. The van der Waals surface area contributed by atoms with E-state index in [0.717, 1.165) is 29.8 Å². The average Bonchev–Trinajstić information content (AvgIpc) is 2.37. The fraction of sp³-hybridized carbons (Fsp3) is 0.429. The van der Waals surface area contributed by atoms with E-state index < -0.39 is 5.41 Å². The Balaban J connectivity index is 1.76. The molecule has 5 nitrogen and oxygen atoms in total. The predicted molar refractivity (Wildman–Crippen MR) is 79.8 cm³/mol. The van der Waals surface area contributed by atoms with E-state index in [0.29, 0.717) is 18.0 Å². The summed E-state index contributed by atoms with van der Waals surface area (Å²) in [6.45, 7) is 0.385. The van der Waals surface area contributed by atoms with Crippen LogP contribution in [-0.4, -0.2) is 24.1 Å². The van der Waals surface area contributed by atoms with E-state index >= 15 is 0 Å². The topological polar surface area (TPSA) is 84.2 Å². The lowest BCUT2D eigenvalue weighted by Crippen LogP contribution is -2.47. The molecule has 6 heteroatoms. The minimum atomic E-state index is -0.395. The van der Waals surface area contributed by atoms with Crippen molar-refractivity contribution in [2.24, 2.45) is 11.1 Å². The van der Waals surface area contributed by atoms with Crippen molar-refractivity contribution in [2.45, 2.75) is 24.2 Å². The minimum Gasteiger partial charge on any atom is -0.329 e. The second kappa shape index (κ2) is 5.10. The standard InChI is InChI=1S/C14H17N3O2S/c15-8-14(4-1-5-14)13(19)16-9-2-3-11-10(6-9)17-12(18)7-20-11/h2-3,6H,1,4-5,7-8,15H2,(H,16,19)(H,17,18). The number of amides is 2. The van der Waals surface area contributed by atoms with Crippen LogP contribution in [0, 0.1) is 5.41 Å². The van der Waals surface area contributed by atoms with Gasteiger partial charge in [-0.3, -0.25) is 9.59 Å². The van der Waals surface area contributed by atoms with Crippen molar-refractivity contribution >= 4 is 35.0 Å². The number of nitrogens with one attached hydrogen (secondary N) is 2. The van der Waals surface area contributed by atoms with Crippen LogP contribution in [0.4, 0.5) is 11.4 Å². The Kier molecular flexibility index (Phi) is 3.43. The summed E-state index contributed by atoms with van der Waals surface area (Å²) in [6, 6.07) is 5.59. The van der Waals surface area contributed by atoms with Crippen LogP contribution in [0.1, 0.15) is 19.3 Å². The highest BCUT2D eigenvalue weighted by Gasteiger charge is 2.42. The van der Waals surface area contributed by atoms with Gasteiger partial charge in [0.05, 0.1) is 16.9 Å². The first-order chi connectivity index (χ1) is 9.63. The molecule has 0 spiro atoms. The van der Waals surface area contributed by atoms with Crippen LogP contribution < -0.4 is 16.4 Å². The third kappa shape index (κ3) is 2.29. The number of fused-ring (bicyclic) bond motifs is 1. The lowest BCUT2D eigenvalue weighted by molar-refractivity contribution is -0.129. The largest absolute Gasteiger partial charge is 0.329 e. The van der Waals surface area contributed by atoms with Crippen molar-refractivity contribution in [2.75, 3.05) is 22.9 Å². The summed E-state index contributed by atoms with van der Waals surface area (Å²) in [6.07, 6.45) is 2.77. The SMILES string of the molecule is NCC1(C(=O)Nc2ccc3c(c2)NC(=O)CS3)CCC1. The van der Waals surface area contributed by atoms with Gasteiger partial charge in [0.25, 0.3) is 0 Å². The van der Waals surface area contributed by atoms with Gasteiger partial charge < -0.3 is 16.4 Å². The van der Waals surface area contributed by atoms with Crippen molar-refractivity contribution in [3.8, 4) is 0 Å². The van der Waals surface area contributed by atoms with E-state index in [-0.39, 0.29) is 11.8 Å². The highest BCUT2D eigenvalue weighted by molar-refractivity contribution is 8.00. The first-order valence-electron chi connectivity index (χ1n) is 6.71. The van der Waals surface area contributed by atoms with Crippen molar-refractivity contribution in [3.63, 3.8) is 0 Å². The van der Waals surface area contributed by atoms with E-state index in [1.165, 1.54) is 11.8 Å². The highest BCUT2D eigenvalue weighted by Crippen LogP contribution is 2.41. The zero-order chi connectivity index (χ0) is 14.2. The Morgan fingerprint density at radius 2 is 2.25 bits per heavy atom. The van der Waals surface area contributed by atoms with E-state index in [9.17, 15) is 9.59 Å². The summed E-state index contributed by atoms with van der Waals surface area (Å²) < 4.78 is 0. The van der Waals surface area contributed by atoms with Crippen LogP contribution in [-0.2, 0) is 9.59 Å². The van der Waals surface area contributed by atoms with Crippen LogP contribution >= 0.6 is 11.8 Å². The molecule has 20 heavy (non-hydrogen) atoms. The molecular weight excluding hydrogens is 274 g/mol. The number of rotatable bonds is 3. The van der Waals surface area contributed by atoms with Gasteiger partial charge >= 0.3 is 0 Å². The molecule has 1 saturated carbocycles. The number of anilines is 2. The zero-order valence-corrected chi connectivity index (χ0v) is 11.9. The molecule has 1 fully saturated rings. The van der Waals surface area contributed by atoms with E-state index in [1.807, 2.05) is 12.1 Å². The number of nitrogens with two attached hydrogens (primary N) is 1. The Bertz CT molecular complexity index is 564. The number of benzene rings is 1. The van der Waals surface area contributed by atoms with Crippen molar-refractivity contribution in [3.05, 3.63) is 18.2 Å². The molecule has 0 unspecified atom stereocenters. The molecule has 0 bridgehead atoms. The number of carbonyl (C=O) groups is 2. The fourth-order valence-corrected chi connectivity index (χ4v) is 3.34. The van der Waals surface area contributed by atoms with Crippen LogP contribution in [0.2, 0.25) is 0 Å². The third-order valence-electron chi connectivity index (χ3n) is 4.05. The van der Waals surface area contributed by atoms with Crippen LogP contribution in [0.25, 0.3) is 0 Å². The number of hydrogen-bond donors (Lipinski definition) is 3. The number of carbonyl (C=O) groups excluding carboxylic acids is 2. The van der Waals surface area contributed by atoms with Gasteiger partial charge in [0, 0.05) is 17.1 Å². The van der Waals surface area contributed by atoms with Gasteiger partial charge in [-0.05, 0) is 31.0 Å². The normalized spacial score (nSPS) is 19.6. The monoisotopic (exact) mass is 291 g/mol. The van der Waals surface area contributed by atoms with Gasteiger partial charge in [-0.25, -0.2) is 0 Å². The Morgan fingerprint density at radius 3 is 2.90 bits per heavy atom. The zero-order valence-electron chi connectivity index (χ0n) is 11.1. The van der Waals surface area contributed by atoms with E-state index in [1.54, 1.807) is 6.07 Å². The Labute approximate surface area is 121 Å². The van der Waals surface area contributed by atoms with Crippen LogP contribution in [0.3, 0.4) is 0 Å². The molecule has 0 atom stereocenters. The van der Waals surface area contributed by atoms with Crippen LogP contribution in [0.5, 0.6) is 0 Å². The molecule has 1 aliphatic carbocycles. The molecule has 1 heterocycles. The second-order valence-corrected chi connectivity index (χ2v) is 6.36. The predicted octanol–water partition coefficient (Wildman–Crippen LogP) is 1.80. The summed E-state index contributed by atoms with van der Waals surface area (Å²) in [4.78, 5) is 24.7. The minimum absolute atomic E-state index is 0.0107. The van der Waals surface area contributed by atoms with Gasteiger partial charge in [-0.15, -0.1) is 11.8 Å². The molecule has 3 rings (SSSR count). The molecule has 2 aliphatic rings. The van der Waals surface area contributed by atoms with Gasteiger partial charge in [0.1, 0.15) is 0 Å². The smallest absolute Gasteiger partial charge is 0.234 e. The summed E-state index contributed by atoms with van der Waals surface area (Å²) in [5.41, 5.74) is 6.80. The Morgan fingerprint density at radius 1 is 1.45 bits per heavy atom. The van der Waals surface area contributed by atoms with Gasteiger partial charge in [0.15, 0.2) is 0 Å². The summed E-state index contributed by atoms with van der Waals surface area (Å²) in [5.74, 6) is 0.416. The van der Waals surface area contributed by atoms with Gasteiger partial charge in [-0.1, -0.05) is 6.42 Å². The van der Waals surface area contributed by atoms with Gasteiger partial charge in [-0.2, -0.15) is 0 Å². The maximum Gasteiger partial charge on any atom is 0.234 e. The van der Waals surface area contributed by atoms with Crippen LogP contribution in [0.15, 0.2) is 23.1 Å². The fourth-order valence-electron chi connectivity index (χ4n) is 2.55. The van der Waals surface area contributed by atoms with E-state index in [2.05, 4.69) is 10.6 Å². The summed E-state index contributed by atoms with van der Waals surface area (Å²) in [7, 11) is 0. The first-order valence-corrected chi connectivity index (χ1v) is 7.70. The number of hydrogen-bond acceptors (Lipinski definition) is 4. The molecule has 106 valence electrons. The van der Waals surface area contributed by atoms with Crippen molar-refractivity contribution in [1.82, 2.24) is 0 Å². The van der Waals surface area contributed by atoms with Gasteiger partial charge in [0.2, 0.25) is 11.8 Å². The molecule has 0 saturated heterocycles. The van der Waals surface area contributed by atoms with Crippen molar-refractivity contribution in [1.29, 1.82) is 0 Å². The molecule has 2 amide bonds. The van der Waals surface area contributed by atoms with Crippen molar-refractivity contribution < 1.29 is 9.59 Å². The Hall–Kier alpha value is -1.53. The summed E-state index contributed by atoms with van der Waals surface area (Å²) in [5, 5.41) is 5.74. The average molecular weight is 291 g/mol. The highest BCUT2D eigenvalue weighted by atomic mass is 32.2. The van der Waals surface area contributed by atoms with E-state index in [4.69, 9.17) is 5.73 Å². The second-order valence-electron chi connectivity index (χ2n) is 5.34. The molecular formula is C14H17N3O2S. The molecule has 0 radical (unpaired) electrons. The lowest BCUT2D eigenvalue weighted by atomic mass is 9.68. The lowest BCUT2D eigenvalue weighted by Gasteiger charge is -2.39. The molecule has 1 aromatic rings. The molecule has 1 aliphatic heterocycles. The maximum absolute atomic E-state index is 12.3. The molecule has 1 aromatic carbocycles. The first kappa shape index (κ1) is 13.5. The quantitative estimate of drug-likeness (QED) is 0.793. The number of thioether (sulfide) groups is 1. The molecule has 4 N–H and O–H groups in total. The molecule has 0 aromatic heterocycles.